The Hall–Kier alpha value is -1.23. The smallest absolute Gasteiger partial charge is 0.0900 e. The summed E-state index contributed by atoms with van der Waals surface area (Å²) in [6.07, 6.45) is 5.38. The highest BCUT2D eigenvalue weighted by atomic mass is 32.1. The zero-order chi connectivity index (χ0) is 15.9. The molecule has 1 saturated carbocycles. The Kier molecular flexibility index (Phi) is 4.00. The number of aliphatic hydroxyl groups excluding tert-OH is 1. The van der Waals surface area contributed by atoms with Crippen molar-refractivity contribution in [3.05, 3.63) is 51.5 Å². The molecule has 0 radical (unpaired) electrons. The van der Waals surface area contributed by atoms with E-state index in [9.17, 15) is 5.11 Å². The van der Waals surface area contributed by atoms with Crippen LogP contribution in [0, 0.1) is 12.3 Å². The normalized spacial score (nSPS) is 23.3. The summed E-state index contributed by atoms with van der Waals surface area (Å²) in [5.41, 5.74) is 2.37. The molecule has 122 valence electrons. The first kappa shape index (κ1) is 15.3. The third-order valence-electron chi connectivity index (χ3n) is 5.35. The van der Waals surface area contributed by atoms with Gasteiger partial charge in [-0.2, -0.15) is 0 Å². The Morgan fingerprint density at radius 3 is 2.87 bits per heavy atom. The molecule has 0 bridgehead atoms. The largest absolute Gasteiger partial charge is 0.388 e. The lowest BCUT2D eigenvalue weighted by Crippen LogP contribution is -2.33. The highest BCUT2D eigenvalue weighted by molar-refractivity contribution is 7.11. The van der Waals surface area contributed by atoms with Crippen molar-refractivity contribution in [2.24, 2.45) is 5.41 Å². The molecule has 1 aromatic heterocycles. The van der Waals surface area contributed by atoms with E-state index in [1.165, 1.54) is 28.4 Å². The Balaban J connectivity index is 1.45. The molecule has 0 amide bonds. The Labute approximate surface area is 141 Å². The number of aliphatic hydroxyl groups is 1. The fourth-order valence-corrected chi connectivity index (χ4v) is 4.84. The van der Waals surface area contributed by atoms with Crippen molar-refractivity contribution in [2.45, 2.75) is 51.2 Å². The summed E-state index contributed by atoms with van der Waals surface area (Å²) in [5, 5.41) is 15.7. The van der Waals surface area contributed by atoms with Gasteiger partial charge in [-0.05, 0) is 44.6 Å². The van der Waals surface area contributed by atoms with Gasteiger partial charge in [0.1, 0.15) is 0 Å². The van der Waals surface area contributed by atoms with Gasteiger partial charge < -0.3 is 10.4 Å². The number of hydrogen-bond acceptors (Lipinski definition) is 4. The van der Waals surface area contributed by atoms with Gasteiger partial charge in [-0.15, -0.1) is 11.3 Å². The van der Waals surface area contributed by atoms with Crippen molar-refractivity contribution >= 4 is 11.3 Å². The maximum atomic E-state index is 10.8. The maximum Gasteiger partial charge on any atom is 0.0900 e. The fourth-order valence-electron chi connectivity index (χ4n) is 3.76. The molecule has 4 rings (SSSR count). The Bertz CT molecular complexity index is 678. The topological polar surface area (TPSA) is 45.2 Å². The average Bonchev–Trinajstić information content (AvgIpc) is 3.27. The molecule has 2 N–H and O–H groups in total. The molecule has 1 aromatic carbocycles. The van der Waals surface area contributed by atoms with E-state index in [1.54, 1.807) is 0 Å². The van der Waals surface area contributed by atoms with Gasteiger partial charge in [-0.3, -0.25) is 0 Å². The molecular formula is C19H24N2OS. The monoisotopic (exact) mass is 328 g/mol. The van der Waals surface area contributed by atoms with Gasteiger partial charge in [-0.25, -0.2) is 4.98 Å². The number of rotatable bonds is 5. The number of nitrogens with zero attached hydrogens (tertiary/aromatic N) is 1. The van der Waals surface area contributed by atoms with Gasteiger partial charge in [0.2, 0.25) is 0 Å². The molecule has 0 saturated heterocycles. The first-order chi connectivity index (χ1) is 11.2. The van der Waals surface area contributed by atoms with Crippen LogP contribution in [0.4, 0.5) is 0 Å². The van der Waals surface area contributed by atoms with Gasteiger partial charge in [0.05, 0.1) is 16.8 Å². The van der Waals surface area contributed by atoms with Crippen molar-refractivity contribution in [2.75, 3.05) is 6.54 Å². The average molecular weight is 328 g/mol. The maximum absolute atomic E-state index is 10.8. The van der Waals surface area contributed by atoms with E-state index in [0.717, 1.165) is 31.4 Å². The molecule has 0 aliphatic heterocycles. The van der Waals surface area contributed by atoms with Crippen LogP contribution in [0.25, 0.3) is 0 Å². The minimum absolute atomic E-state index is 0.0265. The summed E-state index contributed by atoms with van der Waals surface area (Å²) in [5.74, 6) is 0. The number of benzene rings is 1. The lowest BCUT2D eigenvalue weighted by atomic mass is 9.91. The standard InChI is InChI=1S/C19H24N2OS/c1-13-21-16-9-5-8-15(17(16)23-13)20-12-19(10-11-19)18(22)14-6-3-2-4-7-14/h2-4,6-7,15,18,20,22H,5,8-12H2,1H3. The number of thiazole rings is 1. The molecule has 1 fully saturated rings. The second kappa shape index (κ2) is 6.00. The third-order valence-corrected chi connectivity index (χ3v) is 6.47. The SMILES string of the molecule is Cc1nc2c(s1)C(NCC1(C(O)c3ccccc3)CC1)CCC2. The molecule has 2 aliphatic rings. The molecule has 2 aliphatic carbocycles. The van der Waals surface area contributed by atoms with Crippen LogP contribution in [-0.2, 0) is 6.42 Å². The zero-order valence-corrected chi connectivity index (χ0v) is 14.4. The van der Waals surface area contributed by atoms with Crippen molar-refractivity contribution in [1.82, 2.24) is 10.3 Å². The zero-order valence-electron chi connectivity index (χ0n) is 13.6. The van der Waals surface area contributed by atoms with E-state index in [-0.39, 0.29) is 11.5 Å². The van der Waals surface area contributed by atoms with Crippen molar-refractivity contribution < 1.29 is 5.11 Å². The molecule has 1 heterocycles. The van der Waals surface area contributed by atoms with E-state index < -0.39 is 0 Å². The van der Waals surface area contributed by atoms with E-state index >= 15 is 0 Å². The van der Waals surface area contributed by atoms with Gasteiger partial charge in [-0.1, -0.05) is 30.3 Å². The second-order valence-corrected chi connectivity index (χ2v) is 8.28. The highest BCUT2D eigenvalue weighted by Crippen LogP contribution is 2.54. The van der Waals surface area contributed by atoms with Gasteiger partial charge in [0, 0.05) is 22.9 Å². The van der Waals surface area contributed by atoms with Crippen LogP contribution in [0.3, 0.4) is 0 Å². The number of aryl methyl sites for hydroxylation is 2. The number of fused-ring (bicyclic) bond motifs is 1. The van der Waals surface area contributed by atoms with Gasteiger partial charge >= 0.3 is 0 Å². The molecule has 23 heavy (non-hydrogen) atoms. The first-order valence-corrected chi connectivity index (χ1v) is 9.42. The summed E-state index contributed by atoms with van der Waals surface area (Å²) in [4.78, 5) is 6.10. The molecular weight excluding hydrogens is 304 g/mol. The van der Waals surface area contributed by atoms with E-state index in [0.29, 0.717) is 6.04 Å². The second-order valence-electron chi connectivity index (χ2n) is 7.05. The Morgan fingerprint density at radius 2 is 2.13 bits per heavy atom. The highest BCUT2D eigenvalue weighted by Gasteiger charge is 2.49. The van der Waals surface area contributed by atoms with E-state index in [1.807, 2.05) is 41.7 Å². The number of hydrogen-bond donors (Lipinski definition) is 2. The summed E-state index contributed by atoms with van der Waals surface area (Å²) in [6.45, 7) is 2.99. The third kappa shape index (κ3) is 2.95. The number of nitrogens with one attached hydrogen (secondary N) is 1. The lowest BCUT2D eigenvalue weighted by molar-refractivity contribution is 0.0895. The fraction of sp³-hybridized carbons (Fsp3) is 0.526. The molecule has 2 atom stereocenters. The van der Waals surface area contributed by atoms with Gasteiger partial charge in [0.25, 0.3) is 0 Å². The van der Waals surface area contributed by atoms with Crippen LogP contribution in [0.1, 0.15) is 59.0 Å². The van der Waals surface area contributed by atoms with Gasteiger partial charge in [0.15, 0.2) is 0 Å². The van der Waals surface area contributed by atoms with E-state index in [2.05, 4.69) is 17.2 Å². The molecule has 2 unspecified atom stereocenters. The van der Waals surface area contributed by atoms with Crippen molar-refractivity contribution in [3.63, 3.8) is 0 Å². The van der Waals surface area contributed by atoms with Crippen molar-refractivity contribution in [1.29, 1.82) is 0 Å². The van der Waals surface area contributed by atoms with Crippen molar-refractivity contribution in [3.8, 4) is 0 Å². The van der Waals surface area contributed by atoms with Crippen LogP contribution in [0.5, 0.6) is 0 Å². The summed E-state index contributed by atoms with van der Waals surface area (Å²) in [7, 11) is 0. The Morgan fingerprint density at radius 1 is 1.35 bits per heavy atom. The minimum atomic E-state index is -0.359. The van der Waals surface area contributed by atoms with Crippen LogP contribution < -0.4 is 5.32 Å². The summed E-state index contributed by atoms with van der Waals surface area (Å²) < 4.78 is 0. The predicted molar refractivity (Wildman–Crippen MR) is 93.6 cm³/mol. The molecule has 0 spiro atoms. The molecule has 4 heteroatoms. The number of aromatic nitrogens is 1. The quantitative estimate of drug-likeness (QED) is 0.874. The minimum Gasteiger partial charge on any atom is -0.388 e. The van der Waals surface area contributed by atoms with Crippen LogP contribution in [0.2, 0.25) is 0 Å². The van der Waals surface area contributed by atoms with Crippen LogP contribution in [-0.4, -0.2) is 16.6 Å². The lowest BCUT2D eigenvalue weighted by Gasteiger charge is -2.28. The molecule has 2 aromatic rings. The van der Waals surface area contributed by atoms with Crippen LogP contribution >= 0.6 is 11.3 Å². The summed E-state index contributed by atoms with van der Waals surface area (Å²) in [6, 6.07) is 10.5. The van der Waals surface area contributed by atoms with E-state index in [4.69, 9.17) is 0 Å². The molecule has 3 nitrogen and oxygen atoms in total. The van der Waals surface area contributed by atoms with Crippen LogP contribution in [0.15, 0.2) is 30.3 Å². The predicted octanol–water partition coefficient (Wildman–Crippen LogP) is 3.93. The summed E-state index contributed by atoms with van der Waals surface area (Å²) >= 11 is 1.84. The first-order valence-electron chi connectivity index (χ1n) is 8.61.